The maximum absolute atomic E-state index is 12.9. The van der Waals surface area contributed by atoms with Crippen molar-refractivity contribution in [2.45, 2.75) is 32.6 Å². The van der Waals surface area contributed by atoms with Gasteiger partial charge < -0.3 is 15.3 Å². The first kappa shape index (κ1) is 33.4. The third kappa shape index (κ3) is 9.04. The molecule has 0 aliphatic carbocycles. The zero-order chi connectivity index (χ0) is 32.8. The van der Waals surface area contributed by atoms with Crippen LogP contribution in [0, 0.1) is 17.8 Å². The minimum absolute atomic E-state index is 0.0724. The molecular weight excluding hydrogens is 611 g/mol. The lowest BCUT2D eigenvalue weighted by molar-refractivity contribution is -0.140. The van der Waals surface area contributed by atoms with Crippen molar-refractivity contribution in [3.05, 3.63) is 94.8 Å². The van der Waals surface area contributed by atoms with Gasteiger partial charge in [0.15, 0.2) is 0 Å². The predicted octanol–water partition coefficient (Wildman–Crippen LogP) is 3.50. The summed E-state index contributed by atoms with van der Waals surface area (Å²) in [4.78, 5) is 30.1. The number of nitrogens with one attached hydrogen (secondary N) is 2. The number of aliphatic carboxylic acids is 1. The van der Waals surface area contributed by atoms with Gasteiger partial charge in [0.1, 0.15) is 11.7 Å². The maximum Gasteiger partial charge on any atom is 0.416 e. The molecule has 3 aromatic rings. The summed E-state index contributed by atoms with van der Waals surface area (Å²) in [5.74, 6) is 3.81. The van der Waals surface area contributed by atoms with Crippen LogP contribution < -0.4 is 14.9 Å². The lowest BCUT2D eigenvalue weighted by atomic mass is 10.1. The number of carboxylic acid groups (broad SMARTS) is 1. The monoisotopic (exact) mass is 643 g/mol. The van der Waals surface area contributed by atoms with Crippen molar-refractivity contribution in [2.75, 3.05) is 31.1 Å². The Morgan fingerprint density at radius 1 is 0.978 bits per heavy atom. The Balaban J connectivity index is 1.32. The Kier molecular flexibility index (Phi) is 10.5. The van der Waals surface area contributed by atoms with E-state index in [0.29, 0.717) is 29.8 Å². The van der Waals surface area contributed by atoms with Crippen molar-refractivity contribution >= 4 is 27.8 Å². The zero-order valence-electron chi connectivity index (χ0n) is 24.5. The molecule has 14 heteroatoms. The molecule has 1 atom stereocenters. The molecule has 10 nitrogen and oxygen atoms in total. The predicted molar refractivity (Wildman–Crippen MR) is 161 cm³/mol. The number of carbonyl (C=O) groups is 2. The van der Waals surface area contributed by atoms with Crippen molar-refractivity contribution in [2.24, 2.45) is 5.92 Å². The molecule has 0 spiro atoms. The molecule has 0 bridgehead atoms. The highest BCUT2D eigenvalue weighted by atomic mass is 32.2. The molecule has 45 heavy (non-hydrogen) atoms. The van der Waals surface area contributed by atoms with Crippen LogP contribution in [-0.2, 0) is 27.7 Å². The number of piperazine rings is 1. The second-order valence-electron chi connectivity index (χ2n) is 10.7. The van der Waals surface area contributed by atoms with Gasteiger partial charge in [-0.15, -0.1) is 0 Å². The quantitative estimate of drug-likeness (QED) is 0.304. The van der Waals surface area contributed by atoms with Gasteiger partial charge in [-0.3, -0.25) is 14.6 Å². The molecule has 1 aromatic heterocycles. The van der Waals surface area contributed by atoms with Crippen molar-refractivity contribution in [3.63, 3.8) is 0 Å². The van der Waals surface area contributed by atoms with E-state index in [1.54, 1.807) is 19.9 Å². The molecule has 1 amide bonds. The SMILES string of the molecule is CC(C)[C@@H](NS(=O)(=O)N1CCN(c2ccc(C#Cc3ccnc(C(=O)NCc4cccc(C(F)(F)F)c4)c3)cc2)CC1)C(=O)O. The van der Waals surface area contributed by atoms with Crippen molar-refractivity contribution in [1.29, 1.82) is 0 Å². The topological polar surface area (TPSA) is 132 Å². The van der Waals surface area contributed by atoms with Crippen LogP contribution in [0.25, 0.3) is 0 Å². The summed E-state index contributed by atoms with van der Waals surface area (Å²) in [5, 5.41) is 11.9. The largest absolute Gasteiger partial charge is 0.480 e. The zero-order valence-corrected chi connectivity index (χ0v) is 25.3. The Bertz CT molecular complexity index is 1690. The molecule has 1 fully saturated rings. The number of benzene rings is 2. The van der Waals surface area contributed by atoms with Gasteiger partial charge in [0.25, 0.3) is 16.1 Å². The number of carbonyl (C=O) groups excluding carboxylic acids is 1. The molecule has 238 valence electrons. The summed E-state index contributed by atoms with van der Waals surface area (Å²) in [7, 11) is -3.96. The number of hydrogen-bond acceptors (Lipinski definition) is 6. The summed E-state index contributed by atoms with van der Waals surface area (Å²) >= 11 is 0. The molecule has 2 aromatic carbocycles. The number of aromatic nitrogens is 1. The average molecular weight is 644 g/mol. The van der Waals surface area contributed by atoms with Gasteiger partial charge in [-0.05, 0) is 60.0 Å². The van der Waals surface area contributed by atoms with Crippen LogP contribution in [0.2, 0.25) is 0 Å². The lowest BCUT2D eigenvalue weighted by Crippen LogP contribution is -2.55. The second kappa shape index (κ2) is 14.1. The lowest BCUT2D eigenvalue weighted by Gasteiger charge is -2.36. The summed E-state index contributed by atoms with van der Waals surface area (Å²) in [5.41, 5.74) is 1.68. The molecule has 4 rings (SSSR count). The fourth-order valence-electron chi connectivity index (χ4n) is 4.56. The highest BCUT2D eigenvalue weighted by Gasteiger charge is 2.33. The van der Waals surface area contributed by atoms with Gasteiger partial charge in [-0.2, -0.15) is 30.6 Å². The molecule has 1 aliphatic heterocycles. The van der Waals surface area contributed by atoms with Gasteiger partial charge in [0.05, 0.1) is 5.56 Å². The van der Waals surface area contributed by atoms with E-state index >= 15 is 0 Å². The van der Waals surface area contributed by atoms with Crippen LogP contribution in [0.5, 0.6) is 0 Å². The number of nitrogens with zero attached hydrogens (tertiary/aromatic N) is 3. The Morgan fingerprint density at radius 2 is 1.64 bits per heavy atom. The standard InChI is InChI=1S/C31H32F3N5O5S/c1-21(2)28(30(41)42)37-45(43,44)39-16-14-38(15-17-39)26-10-8-22(9-11-26)6-7-23-12-13-35-27(19-23)29(40)36-20-24-4-3-5-25(18-24)31(32,33)34/h3-5,8-13,18-19,21,28,37H,14-17,20H2,1-2H3,(H,36,40)(H,41,42)/t28-/m1/s1. The first-order chi connectivity index (χ1) is 21.2. The van der Waals surface area contributed by atoms with Gasteiger partial charge in [-0.25, -0.2) is 0 Å². The number of carboxylic acids is 1. The first-order valence-corrected chi connectivity index (χ1v) is 15.4. The highest BCUT2D eigenvalue weighted by molar-refractivity contribution is 7.87. The molecule has 0 saturated carbocycles. The van der Waals surface area contributed by atoms with Gasteiger partial charge in [0.2, 0.25) is 0 Å². The number of anilines is 1. The molecule has 0 radical (unpaired) electrons. The molecule has 0 unspecified atom stereocenters. The Morgan fingerprint density at radius 3 is 2.27 bits per heavy atom. The minimum atomic E-state index is -4.48. The summed E-state index contributed by atoms with van der Waals surface area (Å²) < 4.78 is 67.8. The molecule has 3 N–H and O–H groups in total. The number of rotatable bonds is 9. The first-order valence-electron chi connectivity index (χ1n) is 14.0. The third-order valence-electron chi connectivity index (χ3n) is 7.07. The van der Waals surface area contributed by atoms with Crippen LogP contribution in [0.4, 0.5) is 18.9 Å². The molecule has 1 saturated heterocycles. The Hall–Kier alpha value is -4.45. The minimum Gasteiger partial charge on any atom is -0.480 e. The summed E-state index contributed by atoms with van der Waals surface area (Å²) in [6.45, 7) is 4.40. The molecule has 1 aliphatic rings. The highest BCUT2D eigenvalue weighted by Crippen LogP contribution is 2.29. The third-order valence-corrected chi connectivity index (χ3v) is 8.67. The van der Waals surface area contributed by atoms with Crippen LogP contribution in [-0.4, -0.2) is 66.9 Å². The Labute approximate surface area is 259 Å². The van der Waals surface area contributed by atoms with Crippen LogP contribution >= 0.6 is 0 Å². The maximum atomic E-state index is 12.9. The average Bonchev–Trinajstić information content (AvgIpc) is 3.01. The van der Waals surface area contributed by atoms with Crippen LogP contribution in [0.1, 0.15) is 46.6 Å². The smallest absolute Gasteiger partial charge is 0.416 e. The van der Waals surface area contributed by atoms with E-state index in [9.17, 15) is 36.3 Å². The van der Waals surface area contributed by atoms with E-state index in [4.69, 9.17) is 0 Å². The number of pyridine rings is 1. The summed E-state index contributed by atoms with van der Waals surface area (Å²) in [6, 6.07) is 14.0. The normalized spacial score (nSPS) is 14.8. The van der Waals surface area contributed by atoms with E-state index in [0.717, 1.165) is 17.8 Å². The fraction of sp³-hybridized carbons (Fsp3) is 0.323. The summed E-state index contributed by atoms with van der Waals surface area (Å²) in [6.07, 6.45) is -3.05. The van der Waals surface area contributed by atoms with Gasteiger partial charge >= 0.3 is 12.1 Å². The van der Waals surface area contributed by atoms with Crippen LogP contribution in [0.3, 0.4) is 0 Å². The van der Waals surface area contributed by atoms with E-state index in [1.807, 2.05) is 29.2 Å². The van der Waals surface area contributed by atoms with Crippen molar-refractivity contribution < 1.29 is 36.3 Å². The van der Waals surface area contributed by atoms with Gasteiger partial charge in [0, 0.05) is 55.7 Å². The van der Waals surface area contributed by atoms with Crippen molar-refractivity contribution in [3.8, 4) is 11.8 Å². The van der Waals surface area contributed by atoms with Crippen molar-refractivity contribution in [1.82, 2.24) is 19.3 Å². The molecular formula is C31H32F3N5O5S. The number of alkyl halides is 3. The number of halogens is 3. The van der Waals surface area contributed by atoms with E-state index in [-0.39, 0.29) is 25.3 Å². The fourth-order valence-corrected chi connectivity index (χ4v) is 6.04. The van der Waals surface area contributed by atoms with Gasteiger partial charge in [-0.1, -0.05) is 37.8 Å². The second-order valence-corrected chi connectivity index (χ2v) is 12.4. The number of amides is 1. The molecule has 2 heterocycles. The van der Waals surface area contributed by atoms with E-state index in [1.165, 1.54) is 28.7 Å². The number of hydrogen-bond donors (Lipinski definition) is 3. The van der Waals surface area contributed by atoms with E-state index < -0.39 is 45.8 Å². The van der Waals surface area contributed by atoms with Crippen LogP contribution in [0.15, 0.2) is 66.9 Å². The van der Waals surface area contributed by atoms with E-state index in [2.05, 4.69) is 26.9 Å².